The van der Waals surface area contributed by atoms with Crippen LogP contribution < -0.4 is 0 Å². The molecule has 3 rings (SSSR count). The maximum absolute atomic E-state index is 11.0. The molecular weight excluding hydrogens is 238 g/mol. The Labute approximate surface area is 102 Å². The summed E-state index contributed by atoms with van der Waals surface area (Å²) in [6, 6.07) is 2.09. The summed E-state index contributed by atoms with van der Waals surface area (Å²) in [6.45, 7) is 2.11. The van der Waals surface area contributed by atoms with Gasteiger partial charge in [-0.25, -0.2) is 4.79 Å². The Morgan fingerprint density at radius 3 is 3.12 bits per heavy atom. The molecule has 0 unspecified atom stereocenters. The van der Waals surface area contributed by atoms with Crippen LogP contribution in [0, 0.1) is 0 Å². The topological polar surface area (TPSA) is 63.3 Å². The van der Waals surface area contributed by atoms with Crippen molar-refractivity contribution in [3.05, 3.63) is 27.1 Å². The predicted octanol–water partition coefficient (Wildman–Crippen LogP) is 2.76. The molecule has 88 valence electrons. The van der Waals surface area contributed by atoms with Gasteiger partial charge in [0.15, 0.2) is 11.5 Å². The summed E-state index contributed by atoms with van der Waals surface area (Å²) >= 11 is 1.78. The van der Waals surface area contributed by atoms with E-state index in [1.807, 2.05) is 0 Å². The number of hydrogen-bond acceptors (Lipinski definition) is 4. The Kier molecular flexibility index (Phi) is 2.29. The van der Waals surface area contributed by atoms with Gasteiger partial charge >= 0.3 is 5.97 Å². The fourth-order valence-corrected chi connectivity index (χ4v) is 3.30. The number of carbonyl (C=O) groups is 1. The molecular formula is C12H11NO3S. The first-order valence-corrected chi connectivity index (χ1v) is 6.36. The van der Waals surface area contributed by atoms with Gasteiger partial charge in [0.1, 0.15) is 0 Å². The number of fused-ring (bicyclic) bond motifs is 3. The summed E-state index contributed by atoms with van der Waals surface area (Å²) in [5.74, 6) is -0.357. The van der Waals surface area contributed by atoms with Gasteiger partial charge in [-0.05, 0) is 25.3 Å². The van der Waals surface area contributed by atoms with Crippen molar-refractivity contribution in [3.8, 4) is 11.3 Å². The van der Waals surface area contributed by atoms with Gasteiger partial charge in [-0.2, -0.15) is 0 Å². The summed E-state index contributed by atoms with van der Waals surface area (Å²) in [6.07, 6.45) is 2.58. The van der Waals surface area contributed by atoms with E-state index >= 15 is 0 Å². The molecule has 2 aromatic rings. The molecule has 17 heavy (non-hydrogen) atoms. The van der Waals surface area contributed by atoms with Crippen molar-refractivity contribution in [2.24, 2.45) is 0 Å². The van der Waals surface area contributed by atoms with Crippen LogP contribution in [0.1, 0.15) is 32.7 Å². The van der Waals surface area contributed by atoms with Crippen LogP contribution in [-0.2, 0) is 19.3 Å². The van der Waals surface area contributed by atoms with E-state index in [1.165, 1.54) is 9.75 Å². The zero-order chi connectivity index (χ0) is 12.0. The van der Waals surface area contributed by atoms with Crippen molar-refractivity contribution < 1.29 is 14.4 Å². The largest absolute Gasteiger partial charge is 0.476 e. The summed E-state index contributed by atoms with van der Waals surface area (Å²) in [7, 11) is 0. The maximum Gasteiger partial charge on any atom is 0.358 e. The third-order valence-corrected chi connectivity index (χ3v) is 4.39. The third kappa shape index (κ3) is 1.50. The highest BCUT2D eigenvalue weighted by Crippen LogP contribution is 2.40. The molecule has 0 atom stereocenters. The lowest BCUT2D eigenvalue weighted by Crippen LogP contribution is -2.05. The number of carboxylic acids is 1. The van der Waals surface area contributed by atoms with E-state index in [1.54, 1.807) is 11.3 Å². The second kappa shape index (κ2) is 3.70. The van der Waals surface area contributed by atoms with Crippen LogP contribution in [-0.4, -0.2) is 16.2 Å². The third-order valence-electron chi connectivity index (χ3n) is 3.05. The van der Waals surface area contributed by atoms with Gasteiger partial charge in [-0.3, -0.25) is 0 Å². The quantitative estimate of drug-likeness (QED) is 0.888. The zero-order valence-electron chi connectivity index (χ0n) is 9.32. The minimum atomic E-state index is -1.01. The Morgan fingerprint density at radius 1 is 1.59 bits per heavy atom. The van der Waals surface area contributed by atoms with E-state index in [0.29, 0.717) is 12.2 Å². The minimum absolute atomic E-state index is 0.0647. The molecule has 1 aliphatic rings. The molecule has 0 fully saturated rings. The molecule has 5 heteroatoms. The first kappa shape index (κ1) is 10.5. The highest BCUT2D eigenvalue weighted by Gasteiger charge is 2.28. The van der Waals surface area contributed by atoms with E-state index in [-0.39, 0.29) is 5.69 Å². The van der Waals surface area contributed by atoms with E-state index < -0.39 is 5.97 Å². The van der Waals surface area contributed by atoms with Crippen molar-refractivity contribution in [3.63, 3.8) is 0 Å². The zero-order valence-corrected chi connectivity index (χ0v) is 10.1. The van der Waals surface area contributed by atoms with Crippen LogP contribution in [0.25, 0.3) is 11.3 Å². The summed E-state index contributed by atoms with van der Waals surface area (Å²) in [4.78, 5) is 13.6. The molecule has 0 bridgehead atoms. The Hall–Kier alpha value is -1.62. The average molecular weight is 249 g/mol. The molecule has 0 aromatic carbocycles. The van der Waals surface area contributed by atoms with E-state index in [4.69, 9.17) is 9.63 Å². The van der Waals surface area contributed by atoms with Gasteiger partial charge in [0.05, 0.1) is 0 Å². The lowest BCUT2D eigenvalue weighted by Gasteiger charge is -2.08. The highest BCUT2D eigenvalue weighted by molar-refractivity contribution is 7.12. The second-order valence-electron chi connectivity index (χ2n) is 4.05. The van der Waals surface area contributed by atoms with Gasteiger partial charge in [0, 0.05) is 20.9 Å². The lowest BCUT2D eigenvalue weighted by molar-refractivity contribution is 0.0685. The fourth-order valence-electron chi connectivity index (χ4n) is 2.20. The number of thiophene rings is 1. The highest BCUT2D eigenvalue weighted by atomic mass is 32.1. The minimum Gasteiger partial charge on any atom is -0.476 e. The molecule has 1 aliphatic carbocycles. The van der Waals surface area contributed by atoms with Crippen molar-refractivity contribution in [2.75, 3.05) is 0 Å². The van der Waals surface area contributed by atoms with Crippen LogP contribution >= 0.6 is 11.3 Å². The van der Waals surface area contributed by atoms with Crippen LogP contribution in [0.5, 0.6) is 0 Å². The fraction of sp³-hybridized carbons (Fsp3) is 0.333. The maximum atomic E-state index is 11.0. The number of aryl methyl sites for hydroxylation is 2. The van der Waals surface area contributed by atoms with Crippen molar-refractivity contribution in [1.29, 1.82) is 0 Å². The number of nitrogens with zero attached hydrogens (tertiary/aromatic N) is 1. The SMILES string of the molecule is CCc1cc2c(s1)CCc1c(C(=O)O)noc1-2. The average Bonchev–Trinajstić information content (AvgIpc) is 2.91. The molecule has 0 saturated carbocycles. The lowest BCUT2D eigenvalue weighted by atomic mass is 9.95. The summed E-state index contributed by atoms with van der Waals surface area (Å²) < 4.78 is 5.21. The van der Waals surface area contributed by atoms with Gasteiger partial charge in [0.2, 0.25) is 0 Å². The Balaban J connectivity index is 2.16. The first-order chi connectivity index (χ1) is 8.20. The van der Waals surface area contributed by atoms with E-state index in [0.717, 1.165) is 24.0 Å². The van der Waals surface area contributed by atoms with Crippen LogP contribution in [0.4, 0.5) is 0 Å². The molecule has 2 aromatic heterocycles. The molecule has 2 heterocycles. The summed E-state index contributed by atoms with van der Waals surface area (Å²) in [5, 5.41) is 12.7. The monoisotopic (exact) mass is 249 g/mol. The number of hydrogen-bond donors (Lipinski definition) is 1. The first-order valence-electron chi connectivity index (χ1n) is 5.54. The predicted molar refractivity (Wildman–Crippen MR) is 63.6 cm³/mol. The normalized spacial score (nSPS) is 13.2. The van der Waals surface area contributed by atoms with Crippen LogP contribution in [0.2, 0.25) is 0 Å². The van der Waals surface area contributed by atoms with Crippen molar-refractivity contribution in [2.45, 2.75) is 26.2 Å². The molecule has 0 saturated heterocycles. The van der Waals surface area contributed by atoms with Gasteiger partial charge in [-0.1, -0.05) is 12.1 Å². The van der Waals surface area contributed by atoms with Gasteiger partial charge < -0.3 is 9.63 Å². The molecule has 1 N–H and O–H groups in total. The van der Waals surface area contributed by atoms with Gasteiger partial charge in [0.25, 0.3) is 0 Å². The second-order valence-corrected chi connectivity index (χ2v) is 5.27. The molecule has 0 amide bonds. The number of carboxylic acid groups (broad SMARTS) is 1. The Morgan fingerprint density at radius 2 is 2.41 bits per heavy atom. The smallest absolute Gasteiger partial charge is 0.358 e. The van der Waals surface area contributed by atoms with Crippen molar-refractivity contribution >= 4 is 17.3 Å². The number of aromatic carboxylic acids is 1. The number of aromatic nitrogens is 1. The standard InChI is InChI=1S/C12H11NO3S/c1-2-6-5-8-9(17-6)4-3-7-10(12(14)15)13-16-11(7)8/h5H,2-4H2,1H3,(H,14,15). The summed E-state index contributed by atoms with van der Waals surface area (Å²) in [5.41, 5.74) is 1.84. The Bertz CT molecular complexity index is 597. The molecule has 0 radical (unpaired) electrons. The molecule has 0 spiro atoms. The van der Waals surface area contributed by atoms with E-state index in [9.17, 15) is 4.79 Å². The van der Waals surface area contributed by atoms with Crippen LogP contribution in [0.3, 0.4) is 0 Å². The van der Waals surface area contributed by atoms with Crippen molar-refractivity contribution in [1.82, 2.24) is 5.16 Å². The van der Waals surface area contributed by atoms with Crippen LogP contribution in [0.15, 0.2) is 10.6 Å². The molecule has 4 nitrogen and oxygen atoms in total. The number of rotatable bonds is 2. The molecule has 0 aliphatic heterocycles. The van der Waals surface area contributed by atoms with E-state index in [2.05, 4.69) is 18.1 Å². The van der Waals surface area contributed by atoms with Gasteiger partial charge in [-0.15, -0.1) is 11.3 Å².